The Morgan fingerprint density at radius 2 is 2.25 bits per heavy atom. The van der Waals surface area contributed by atoms with Gasteiger partial charge in [0.15, 0.2) is 0 Å². The summed E-state index contributed by atoms with van der Waals surface area (Å²) in [6.07, 6.45) is 0. The monoisotopic (exact) mass is 285 g/mol. The van der Waals surface area contributed by atoms with Crippen LogP contribution in [-0.4, -0.2) is 24.3 Å². The quantitative estimate of drug-likeness (QED) is 0.884. The van der Waals surface area contributed by atoms with Gasteiger partial charge in [0.1, 0.15) is 5.41 Å². The molecule has 0 amide bonds. The third-order valence-corrected chi connectivity index (χ3v) is 3.44. The minimum atomic E-state index is -0.971. The molecule has 0 spiro atoms. The number of rotatable bonds is 3. The van der Waals surface area contributed by atoms with Crippen LogP contribution in [0.5, 0.6) is 0 Å². The summed E-state index contributed by atoms with van der Waals surface area (Å²) in [5, 5.41) is 9.21. The van der Waals surface area contributed by atoms with Crippen LogP contribution in [0.4, 0.5) is 0 Å². The number of ether oxygens (including phenoxy) is 1. The number of hydrogen-bond donors (Lipinski definition) is 2. The van der Waals surface area contributed by atoms with Gasteiger partial charge in [-0.25, -0.2) is 0 Å². The van der Waals surface area contributed by atoms with Gasteiger partial charge in [-0.3, -0.25) is 4.79 Å². The van der Waals surface area contributed by atoms with E-state index in [-0.39, 0.29) is 13.2 Å². The number of carboxylic acid groups (broad SMARTS) is 1. The molecule has 4 nitrogen and oxygen atoms in total. The first-order valence-corrected chi connectivity index (χ1v) is 5.68. The van der Waals surface area contributed by atoms with Crippen LogP contribution >= 0.6 is 15.9 Å². The highest BCUT2D eigenvalue weighted by molar-refractivity contribution is 9.10. The first-order valence-electron chi connectivity index (χ1n) is 4.88. The normalized spacial score (nSPS) is 19.9. The van der Waals surface area contributed by atoms with Crippen molar-refractivity contribution in [3.8, 4) is 0 Å². The van der Waals surface area contributed by atoms with E-state index in [9.17, 15) is 9.90 Å². The molecule has 0 aliphatic carbocycles. The van der Waals surface area contributed by atoms with Crippen LogP contribution < -0.4 is 5.73 Å². The lowest BCUT2D eigenvalue weighted by atomic mass is 9.76. The number of carboxylic acids is 1. The minimum Gasteiger partial charge on any atom is -0.481 e. The fourth-order valence-corrected chi connectivity index (χ4v) is 2.19. The molecule has 1 aliphatic heterocycles. The van der Waals surface area contributed by atoms with Crippen molar-refractivity contribution < 1.29 is 14.6 Å². The number of benzene rings is 1. The molecule has 0 radical (unpaired) electrons. The maximum absolute atomic E-state index is 11.2. The Bertz CT molecular complexity index is 417. The fourth-order valence-electron chi connectivity index (χ4n) is 1.78. The lowest BCUT2D eigenvalue weighted by molar-refractivity contribution is -0.184. The van der Waals surface area contributed by atoms with E-state index in [1.165, 1.54) is 0 Å². The van der Waals surface area contributed by atoms with Crippen molar-refractivity contribution in [1.82, 2.24) is 0 Å². The second kappa shape index (κ2) is 4.16. The number of carbonyl (C=O) groups is 1. The molecule has 0 bridgehead atoms. The molecular formula is C11H12BrNO3. The summed E-state index contributed by atoms with van der Waals surface area (Å²) in [4.78, 5) is 11.2. The zero-order valence-electron chi connectivity index (χ0n) is 8.52. The van der Waals surface area contributed by atoms with Gasteiger partial charge in [0.25, 0.3) is 0 Å². The van der Waals surface area contributed by atoms with E-state index < -0.39 is 17.4 Å². The van der Waals surface area contributed by atoms with Gasteiger partial charge in [0, 0.05) is 4.47 Å². The highest BCUT2D eigenvalue weighted by Gasteiger charge is 2.51. The van der Waals surface area contributed by atoms with Crippen LogP contribution in [0.15, 0.2) is 28.7 Å². The van der Waals surface area contributed by atoms with Crippen LogP contribution in [0.1, 0.15) is 11.6 Å². The Labute approximate surface area is 102 Å². The predicted octanol–water partition coefficient (Wildman–Crippen LogP) is 1.55. The van der Waals surface area contributed by atoms with E-state index in [0.717, 1.165) is 10.0 Å². The third-order valence-electron chi connectivity index (χ3n) is 2.95. The van der Waals surface area contributed by atoms with Crippen LogP contribution in [0.3, 0.4) is 0 Å². The van der Waals surface area contributed by atoms with E-state index in [1.807, 2.05) is 24.3 Å². The maximum Gasteiger partial charge on any atom is 0.316 e. The van der Waals surface area contributed by atoms with Crippen LogP contribution in [0.25, 0.3) is 0 Å². The molecule has 1 unspecified atom stereocenters. The molecule has 1 atom stereocenters. The second-order valence-electron chi connectivity index (χ2n) is 3.99. The van der Waals surface area contributed by atoms with Gasteiger partial charge in [-0.1, -0.05) is 28.1 Å². The van der Waals surface area contributed by atoms with Crippen molar-refractivity contribution in [2.24, 2.45) is 11.1 Å². The van der Waals surface area contributed by atoms with E-state index in [1.54, 1.807) is 0 Å². The summed E-state index contributed by atoms with van der Waals surface area (Å²) < 4.78 is 5.89. The Hall–Kier alpha value is -0.910. The summed E-state index contributed by atoms with van der Waals surface area (Å²) in [5.74, 6) is -0.897. The van der Waals surface area contributed by atoms with Gasteiger partial charge in [-0.15, -0.1) is 0 Å². The number of nitrogens with two attached hydrogens (primary N) is 1. The van der Waals surface area contributed by atoms with Gasteiger partial charge < -0.3 is 15.6 Å². The molecule has 0 aromatic heterocycles. The molecule has 1 aromatic rings. The topological polar surface area (TPSA) is 72.6 Å². The van der Waals surface area contributed by atoms with Crippen molar-refractivity contribution >= 4 is 21.9 Å². The Kier molecular flexibility index (Phi) is 3.01. The summed E-state index contributed by atoms with van der Waals surface area (Å²) in [6.45, 7) is 0.353. The van der Waals surface area contributed by atoms with E-state index >= 15 is 0 Å². The average Bonchev–Trinajstić information content (AvgIpc) is 2.15. The molecule has 86 valence electrons. The lowest BCUT2D eigenvalue weighted by Gasteiger charge is -2.41. The van der Waals surface area contributed by atoms with E-state index in [0.29, 0.717) is 0 Å². The van der Waals surface area contributed by atoms with Gasteiger partial charge in [-0.05, 0) is 17.7 Å². The molecule has 1 fully saturated rings. The lowest BCUT2D eigenvalue weighted by Crippen LogP contribution is -2.55. The largest absolute Gasteiger partial charge is 0.481 e. The SMILES string of the molecule is NC(c1cccc(Br)c1)C1(C(=O)O)COC1. The molecule has 1 heterocycles. The van der Waals surface area contributed by atoms with Crippen LogP contribution in [0.2, 0.25) is 0 Å². The molecule has 1 aromatic carbocycles. The predicted molar refractivity (Wildman–Crippen MR) is 62.0 cm³/mol. The first-order chi connectivity index (χ1) is 7.56. The van der Waals surface area contributed by atoms with Crippen molar-refractivity contribution in [3.63, 3.8) is 0 Å². The Balaban J connectivity index is 2.30. The van der Waals surface area contributed by atoms with Gasteiger partial charge in [0.05, 0.1) is 19.3 Å². The highest BCUT2D eigenvalue weighted by Crippen LogP contribution is 2.39. The molecule has 16 heavy (non-hydrogen) atoms. The zero-order valence-corrected chi connectivity index (χ0v) is 10.1. The van der Waals surface area contributed by atoms with Crippen LogP contribution in [0, 0.1) is 5.41 Å². The third kappa shape index (κ3) is 1.75. The zero-order chi connectivity index (χ0) is 11.8. The van der Waals surface area contributed by atoms with Crippen molar-refractivity contribution in [2.45, 2.75) is 6.04 Å². The smallest absolute Gasteiger partial charge is 0.316 e. The summed E-state index contributed by atoms with van der Waals surface area (Å²) in [7, 11) is 0. The molecule has 2 rings (SSSR count). The highest BCUT2D eigenvalue weighted by atomic mass is 79.9. The number of halogens is 1. The van der Waals surface area contributed by atoms with Crippen molar-refractivity contribution in [1.29, 1.82) is 0 Å². The molecule has 1 aliphatic rings. The molecule has 5 heteroatoms. The molecular weight excluding hydrogens is 274 g/mol. The minimum absolute atomic E-state index is 0.177. The Morgan fingerprint density at radius 1 is 1.56 bits per heavy atom. The molecule has 0 saturated carbocycles. The van der Waals surface area contributed by atoms with Crippen molar-refractivity contribution in [3.05, 3.63) is 34.3 Å². The van der Waals surface area contributed by atoms with E-state index in [2.05, 4.69) is 15.9 Å². The van der Waals surface area contributed by atoms with Gasteiger partial charge in [0.2, 0.25) is 0 Å². The van der Waals surface area contributed by atoms with Gasteiger partial charge in [-0.2, -0.15) is 0 Å². The average molecular weight is 286 g/mol. The summed E-state index contributed by atoms with van der Waals surface area (Å²) >= 11 is 3.34. The number of aliphatic carboxylic acids is 1. The molecule has 3 N–H and O–H groups in total. The van der Waals surface area contributed by atoms with Crippen LogP contribution in [-0.2, 0) is 9.53 Å². The Morgan fingerprint density at radius 3 is 2.69 bits per heavy atom. The summed E-state index contributed by atoms with van der Waals surface area (Å²) in [6, 6.07) is 6.85. The summed E-state index contributed by atoms with van der Waals surface area (Å²) in [5.41, 5.74) is 5.86. The van der Waals surface area contributed by atoms with Gasteiger partial charge >= 0.3 is 5.97 Å². The van der Waals surface area contributed by atoms with Crippen molar-refractivity contribution in [2.75, 3.05) is 13.2 Å². The maximum atomic E-state index is 11.2. The molecule has 1 saturated heterocycles. The second-order valence-corrected chi connectivity index (χ2v) is 4.90. The van der Waals surface area contributed by atoms with E-state index in [4.69, 9.17) is 10.5 Å². The standard InChI is InChI=1S/C11H12BrNO3/c12-8-3-1-2-7(4-8)9(13)11(10(14)15)5-16-6-11/h1-4,9H,5-6,13H2,(H,14,15). The fraction of sp³-hybridized carbons (Fsp3) is 0.364. The first kappa shape index (κ1) is 11.6. The number of hydrogen-bond acceptors (Lipinski definition) is 3.